The van der Waals surface area contributed by atoms with E-state index in [9.17, 15) is 0 Å². The van der Waals surface area contributed by atoms with Gasteiger partial charge in [0.1, 0.15) is 0 Å². The molecule has 4 unspecified atom stereocenters. The van der Waals surface area contributed by atoms with Crippen molar-refractivity contribution in [2.24, 2.45) is 23.7 Å². The molecule has 0 amide bonds. The van der Waals surface area contributed by atoms with Crippen LogP contribution in [-0.4, -0.2) is 0 Å². The molecule has 2 heteroatoms. The van der Waals surface area contributed by atoms with Gasteiger partial charge in [0.05, 0.1) is 0 Å². The summed E-state index contributed by atoms with van der Waals surface area (Å²) in [5, 5.41) is 0. The number of nitrogens with zero attached hydrogens (tertiary/aromatic N) is 2. The molecular formula is C46H38N2. The van der Waals surface area contributed by atoms with Gasteiger partial charge < -0.3 is 9.80 Å². The number of fused-ring (bicyclic) bond motifs is 5. The Morgan fingerprint density at radius 2 is 0.625 bits per heavy atom. The van der Waals surface area contributed by atoms with Gasteiger partial charge >= 0.3 is 0 Å². The number of anilines is 6. The molecule has 2 nitrogen and oxygen atoms in total. The van der Waals surface area contributed by atoms with Crippen molar-refractivity contribution in [2.75, 3.05) is 9.80 Å². The van der Waals surface area contributed by atoms with E-state index in [2.05, 4.69) is 168 Å². The second kappa shape index (κ2) is 9.73. The summed E-state index contributed by atoms with van der Waals surface area (Å²) in [6, 6.07) is 58.7. The van der Waals surface area contributed by atoms with E-state index in [0.717, 1.165) is 23.7 Å². The Hall–Kier alpha value is -5.08. The zero-order chi connectivity index (χ0) is 31.5. The van der Waals surface area contributed by atoms with E-state index in [1.54, 1.807) is 11.1 Å². The number of para-hydroxylation sites is 4. The van der Waals surface area contributed by atoms with Gasteiger partial charge in [-0.2, -0.15) is 0 Å². The quantitative estimate of drug-likeness (QED) is 0.183. The third kappa shape index (κ3) is 3.15. The van der Waals surface area contributed by atoms with Gasteiger partial charge in [-0.15, -0.1) is 0 Å². The van der Waals surface area contributed by atoms with Crippen LogP contribution >= 0.6 is 0 Å². The van der Waals surface area contributed by atoms with E-state index in [1.807, 2.05) is 0 Å². The summed E-state index contributed by atoms with van der Waals surface area (Å²) in [7, 11) is 0. The molecule has 4 fully saturated rings. The third-order valence-corrected chi connectivity index (χ3v) is 13.3. The first kappa shape index (κ1) is 26.9. The van der Waals surface area contributed by atoms with Crippen molar-refractivity contribution in [2.45, 2.75) is 36.5 Å². The second-order valence-electron chi connectivity index (χ2n) is 14.8. The maximum Gasteiger partial charge on any atom is 0.0465 e. The van der Waals surface area contributed by atoms with Crippen LogP contribution in [0.25, 0.3) is 11.1 Å². The van der Waals surface area contributed by atoms with Crippen LogP contribution in [-0.2, 0) is 10.8 Å². The SMILES string of the molecule is c1ccc(N(c2ccccc2)c2ccc3c(c2)C24C5CCC2C2CCC5C24c2cc(N(c4ccccc4)c4ccccc4)ccc2-3)cc1. The van der Waals surface area contributed by atoms with Crippen molar-refractivity contribution in [3.8, 4) is 11.1 Å². The number of hydrogen-bond acceptors (Lipinski definition) is 2. The van der Waals surface area contributed by atoms with Crippen molar-refractivity contribution in [1.82, 2.24) is 0 Å². The highest BCUT2D eigenvalue weighted by molar-refractivity contribution is 5.89. The van der Waals surface area contributed by atoms with E-state index in [4.69, 9.17) is 0 Å². The zero-order valence-corrected chi connectivity index (χ0v) is 27.0. The maximum absolute atomic E-state index is 2.63. The summed E-state index contributed by atoms with van der Waals surface area (Å²) < 4.78 is 0. The molecule has 6 aromatic carbocycles. The molecule has 5 aliphatic rings. The Morgan fingerprint density at radius 1 is 0.333 bits per heavy atom. The molecule has 11 rings (SSSR count). The van der Waals surface area contributed by atoms with Crippen LogP contribution in [0, 0.1) is 23.7 Å². The van der Waals surface area contributed by atoms with Crippen molar-refractivity contribution >= 4 is 34.1 Å². The van der Waals surface area contributed by atoms with Crippen LogP contribution < -0.4 is 9.80 Å². The molecule has 0 saturated heterocycles. The van der Waals surface area contributed by atoms with Gasteiger partial charge in [0.15, 0.2) is 0 Å². The molecule has 0 N–H and O–H groups in total. The minimum Gasteiger partial charge on any atom is -0.310 e. The van der Waals surface area contributed by atoms with Crippen molar-refractivity contribution in [3.63, 3.8) is 0 Å². The molecule has 4 saturated carbocycles. The predicted molar refractivity (Wildman–Crippen MR) is 197 cm³/mol. The van der Waals surface area contributed by atoms with Gasteiger partial charge in [-0.1, -0.05) is 84.9 Å². The van der Waals surface area contributed by atoms with Crippen LogP contribution in [0.2, 0.25) is 0 Å². The summed E-state index contributed by atoms with van der Waals surface area (Å²) in [4.78, 5) is 4.92. The fourth-order valence-corrected chi connectivity index (χ4v) is 12.2. The third-order valence-electron chi connectivity index (χ3n) is 13.3. The van der Waals surface area contributed by atoms with Gasteiger partial charge in [0.2, 0.25) is 0 Å². The minimum atomic E-state index is 0.263. The molecule has 0 bridgehead atoms. The van der Waals surface area contributed by atoms with Crippen LogP contribution in [0.1, 0.15) is 36.8 Å². The Morgan fingerprint density at radius 3 is 0.917 bits per heavy atom. The molecule has 48 heavy (non-hydrogen) atoms. The highest BCUT2D eigenvalue weighted by atomic mass is 15.1. The van der Waals surface area contributed by atoms with Crippen molar-refractivity contribution in [3.05, 3.63) is 169 Å². The molecule has 232 valence electrons. The average Bonchev–Trinajstić information content (AvgIpc) is 3.43. The first-order valence-electron chi connectivity index (χ1n) is 17.9. The molecule has 0 aromatic heterocycles. The fourth-order valence-electron chi connectivity index (χ4n) is 12.2. The Balaban J connectivity index is 1.13. The monoisotopic (exact) mass is 618 g/mol. The lowest BCUT2D eigenvalue weighted by Crippen LogP contribution is -2.81. The highest BCUT2D eigenvalue weighted by Crippen LogP contribution is 2.92. The zero-order valence-electron chi connectivity index (χ0n) is 27.0. The van der Waals surface area contributed by atoms with Crippen LogP contribution in [0.3, 0.4) is 0 Å². The van der Waals surface area contributed by atoms with Crippen molar-refractivity contribution < 1.29 is 0 Å². The van der Waals surface area contributed by atoms with Crippen LogP contribution in [0.4, 0.5) is 34.1 Å². The predicted octanol–water partition coefficient (Wildman–Crippen LogP) is 11.9. The van der Waals surface area contributed by atoms with Gasteiger partial charge in [-0.3, -0.25) is 0 Å². The largest absolute Gasteiger partial charge is 0.310 e. The summed E-state index contributed by atoms with van der Waals surface area (Å²) >= 11 is 0. The van der Waals surface area contributed by atoms with Crippen LogP contribution in [0.5, 0.6) is 0 Å². The molecule has 4 atom stereocenters. The minimum absolute atomic E-state index is 0.263. The van der Waals surface area contributed by atoms with E-state index >= 15 is 0 Å². The summed E-state index contributed by atoms with van der Waals surface area (Å²) in [5.74, 6) is 3.20. The standard InChI is InChI=1S/C46H38N2/c1-5-13-31(14-6-1)47(32-15-7-2-8-16-32)35-21-23-37-38-24-22-36(48(33-17-9-3-10-18-33)34-19-11-4-12-20-34)30-44(38)46-41-27-28-42(46)40-26-25-39(41)45(40,46)43(37)29-35/h1-24,29-30,39-42H,25-28H2. The lowest BCUT2D eigenvalue weighted by atomic mass is 9.22. The molecular weight excluding hydrogens is 581 g/mol. The smallest absolute Gasteiger partial charge is 0.0465 e. The molecule has 5 aliphatic carbocycles. The summed E-state index contributed by atoms with van der Waals surface area (Å²) in [6.45, 7) is 0. The summed E-state index contributed by atoms with van der Waals surface area (Å²) in [5.41, 5.74) is 14.1. The molecule has 2 spiro atoms. The van der Waals surface area contributed by atoms with E-state index in [0.29, 0.717) is 0 Å². The fraction of sp³-hybridized carbons (Fsp3) is 0.217. The van der Waals surface area contributed by atoms with E-state index in [1.165, 1.54) is 70.9 Å². The number of benzene rings is 6. The lowest BCUT2D eigenvalue weighted by Gasteiger charge is -2.80. The summed E-state index contributed by atoms with van der Waals surface area (Å²) in [6.07, 6.45) is 5.59. The van der Waals surface area contributed by atoms with E-state index < -0.39 is 0 Å². The maximum atomic E-state index is 2.63. The first-order chi connectivity index (χ1) is 23.8. The van der Waals surface area contributed by atoms with Gasteiger partial charge in [0, 0.05) is 45.0 Å². The molecule has 0 aliphatic heterocycles. The second-order valence-corrected chi connectivity index (χ2v) is 14.8. The first-order valence-corrected chi connectivity index (χ1v) is 17.9. The Bertz CT molecular complexity index is 1920. The normalized spacial score (nSPS) is 27.8. The van der Waals surface area contributed by atoms with E-state index in [-0.39, 0.29) is 10.8 Å². The average molecular weight is 619 g/mol. The lowest BCUT2D eigenvalue weighted by molar-refractivity contribution is -0.197. The molecule has 0 heterocycles. The Labute approximate surface area is 283 Å². The van der Waals surface area contributed by atoms with Crippen LogP contribution in [0.15, 0.2) is 158 Å². The van der Waals surface area contributed by atoms with Crippen molar-refractivity contribution in [1.29, 1.82) is 0 Å². The topological polar surface area (TPSA) is 6.48 Å². The van der Waals surface area contributed by atoms with Gasteiger partial charge in [0.25, 0.3) is 0 Å². The van der Waals surface area contributed by atoms with Gasteiger partial charge in [-0.05, 0) is 144 Å². The highest BCUT2D eigenvalue weighted by Gasteiger charge is 2.90. The van der Waals surface area contributed by atoms with Gasteiger partial charge in [-0.25, -0.2) is 0 Å². The number of hydrogen-bond donors (Lipinski definition) is 0. The number of rotatable bonds is 6. The molecule has 6 aromatic rings. The Kier molecular flexibility index (Phi) is 5.46. The molecule has 0 radical (unpaired) electrons.